The number of carbonyl (C=O) groups excluding carboxylic acids is 1. The first-order chi connectivity index (χ1) is 8.02. The molecular formula is C13H20N2O2. The van der Waals surface area contributed by atoms with Crippen molar-refractivity contribution in [3.63, 3.8) is 0 Å². The molecule has 1 rings (SSSR count). The molecule has 0 saturated heterocycles. The molecule has 0 saturated carbocycles. The second kappa shape index (κ2) is 6.25. The van der Waals surface area contributed by atoms with Crippen LogP contribution in [0.15, 0.2) is 18.2 Å². The average molecular weight is 236 g/mol. The van der Waals surface area contributed by atoms with E-state index >= 15 is 0 Å². The maximum absolute atomic E-state index is 11.0. The quantitative estimate of drug-likeness (QED) is 0.825. The van der Waals surface area contributed by atoms with Gasteiger partial charge in [-0.05, 0) is 31.5 Å². The Balaban J connectivity index is 2.79. The van der Waals surface area contributed by atoms with Crippen molar-refractivity contribution in [1.29, 1.82) is 0 Å². The van der Waals surface area contributed by atoms with Crippen molar-refractivity contribution in [2.45, 2.75) is 26.8 Å². The number of hydrogen-bond acceptors (Lipinski definition) is 3. The number of rotatable bonds is 5. The van der Waals surface area contributed by atoms with Crippen LogP contribution in [0.1, 0.15) is 19.4 Å². The highest BCUT2D eigenvalue weighted by molar-refractivity contribution is 5.89. The topological polar surface area (TPSA) is 50.4 Å². The summed E-state index contributed by atoms with van der Waals surface area (Å²) >= 11 is 0. The molecule has 1 aromatic rings. The molecule has 0 spiro atoms. The largest absolute Gasteiger partial charge is 0.383 e. The number of aryl methyl sites for hydroxylation is 1. The minimum atomic E-state index is -0.0651. The predicted molar refractivity (Wildman–Crippen MR) is 70.4 cm³/mol. The van der Waals surface area contributed by atoms with Crippen molar-refractivity contribution >= 4 is 17.3 Å². The third-order valence-corrected chi connectivity index (χ3v) is 2.38. The molecular weight excluding hydrogens is 216 g/mol. The fraction of sp³-hybridized carbons (Fsp3) is 0.462. The van der Waals surface area contributed by atoms with E-state index in [1.54, 1.807) is 7.11 Å². The second-order valence-corrected chi connectivity index (χ2v) is 4.21. The first kappa shape index (κ1) is 13.5. The van der Waals surface area contributed by atoms with Crippen LogP contribution in [0, 0.1) is 6.92 Å². The summed E-state index contributed by atoms with van der Waals surface area (Å²) in [5, 5.41) is 6.12. The minimum Gasteiger partial charge on any atom is -0.383 e. The molecule has 17 heavy (non-hydrogen) atoms. The van der Waals surface area contributed by atoms with Crippen LogP contribution in [0.2, 0.25) is 0 Å². The summed E-state index contributed by atoms with van der Waals surface area (Å²) in [5.41, 5.74) is 2.96. The van der Waals surface area contributed by atoms with Gasteiger partial charge in [0.1, 0.15) is 0 Å². The summed E-state index contributed by atoms with van der Waals surface area (Å²) in [6.45, 7) is 6.22. The molecule has 0 aliphatic rings. The molecule has 1 atom stereocenters. The lowest BCUT2D eigenvalue weighted by atomic mass is 10.1. The lowest BCUT2D eigenvalue weighted by Crippen LogP contribution is -2.21. The van der Waals surface area contributed by atoms with E-state index in [-0.39, 0.29) is 11.9 Å². The molecule has 1 aromatic carbocycles. The molecule has 0 aliphatic heterocycles. The standard InChI is InChI=1S/C13H20N2O2/c1-9-5-6-12(15-11(3)16)7-13(9)14-10(2)8-17-4/h5-7,10,14H,8H2,1-4H3,(H,15,16). The number of carbonyl (C=O) groups is 1. The summed E-state index contributed by atoms with van der Waals surface area (Å²) in [4.78, 5) is 11.0. The van der Waals surface area contributed by atoms with Crippen LogP contribution in [0.25, 0.3) is 0 Å². The molecule has 4 heteroatoms. The maximum atomic E-state index is 11.0. The zero-order valence-electron chi connectivity index (χ0n) is 10.8. The Morgan fingerprint density at radius 2 is 2.18 bits per heavy atom. The number of nitrogens with one attached hydrogen (secondary N) is 2. The van der Waals surface area contributed by atoms with Crippen LogP contribution >= 0.6 is 0 Å². The monoisotopic (exact) mass is 236 g/mol. The van der Waals surface area contributed by atoms with Gasteiger partial charge in [-0.2, -0.15) is 0 Å². The van der Waals surface area contributed by atoms with Gasteiger partial charge < -0.3 is 15.4 Å². The van der Waals surface area contributed by atoms with Gasteiger partial charge in [0.05, 0.1) is 6.61 Å². The van der Waals surface area contributed by atoms with Crippen LogP contribution in [0.3, 0.4) is 0 Å². The number of anilines is 2. The van der Waals surface area contributed by atoms with E-state index in [1.807, 2.05) is 32.0 Å². The van der Waals surface area contributed by atoms with Crippen molar-refractivity contribution < 1.29 is 9.53 Å². The predicted octanol–water partition coefficient (Wildman–Crippen LogP) is 2.40. The lowest BCUT2D eigenvalue weighted by Gasteiger charge is -2.17. The Morgan fingerprint density at radius 3 is 2.76 bits per heavy atom. The number of ether oxygens (including phenoxy) is 1. The Bertz CT molecular complexity index is 391. The molecule has 94 valence electrons. The van der Waals surface area contributed by atoms with Crippen LogP contribution in [-0.4, -0.2) is 25.7 Å². The van der Waals surface area contributed by atoms with E-state index in [0.717, 1.165) is 16.9 Å². The van der Waals surface area contributed by atoms with Gasteiger partial charge >= 0.3 is 0 Å². The maximum Gasteiger partial charge on any atom is 0.221 e. The highest BCUT2D eigenvalue weighted by Gasteiger charge is 2.05. The van der Waals surface area contributed by atoms with E-state index < -0.39 is 0 Å². The van der Waals surface area contributed by atoms with E-state index in [2.05, 4.69) is 10.6 Å². The fourth-order valence-electron chi connectivity index (χ4n) is 1.62. The third kappa shape index (κ3) is 4.44. The molecule has 2 N–H and O–H groups in total. The van der Waals surface area contributed by atoms with Gasteiger partial charge in [0.25, 0.3) is 0 Å². The minimum absolute atomic E-state index is 0.0651. The lowest BCUT2D eigenvalue weighted by molar-refractivity contribution is -0.114. The van der Waals surface area contributed by atoms with E-state index in [0.29, 0.717) is 6.61 Å². The summed E-state index contributed by atoms with van der Waals surface area (Å²) in [6, 6.07) is 6.03. The van der Waals surface area contributed by atoms with Crippen LogP contribution in [-0.2, 0) is 9.53 Å². The normalized spacial score (nSPS) is 12.0. The Hall–Kier alpha value is -1.55. The van der Waals surface area contributed by atoms with Crippen molar-refractivity contribution in [2.75, 3.05) is 24.4 Å². The smallest absolute Gasteiger partial charge is 0.221 e. The number of amides is 1. The molecule has 0 aliphatic carbocycles. The second-order valence-electron chi connectivity index (χ2n) is 4.21. The summed E-state index contributed by atoms with van der Waals surface area (Å²) < 4.78 is 5.08. The average Bonchev–Trinajstić information content (AvgIpc) is 2.22. The molecule has 0 radical (unpaired) electrons. The van der Waals surface area contributed by atoms with Gasteiger partial charge in [-0.1, -0.05) is 6.07 Å². The Kier molecular flexibility index (Phi) is 4.97. The van der Waals surface area contributed by atoms with Gasteiger partial charge in [0.15, 0.2) is 0 Å². The zero-order chi connectivity index (χ0) is 12.8. The molecule has 0 heterocycles. The van der Waals surface area contributed by atoms with Gasteiger partial charge in [-0.3, -0.25) is 4.79 Å². The highest BCUT2D eigenvalue weighted by atomic mass is 16.5. The van der Waals surface area contributed by atoms with E-state index in [9.17, 15) is 4.79 Å². The van der Waals surface area contributed by atoms with Crippen molar-refractivity contribution in [3.05, 3.63) is 23.8 Å². The highest BCUT2D eigenvalue weighted by Crippen LogP contribution is 2.21. The van der Waals surface area contributed by atoms with Crippen molar-refractivity contribution in [1.82, 2.24) is 0 Å². The van der Waals surface area contributed by atoms with Gasteiger partial charge in [-0.25, -0.2) is 0 Å². The number of benzene rings is 1. The zero-order valence-corrected chi connectivity index (χ0v) is 10.8. The van der Waals surface area contributed by atoms with Gasteiger partial charge in [-0.15, -0.1) is 0 Å². The van der Waals surface area contributed by atoms with Crippen molar-refractivity contribution in [3.8, 4) is 0 Å². The molecule has 0 aromatic heterocycles. The SMILES string of the molecule is COCC(C)Nc1cc(NC(C)=O)ccc1C. The van der Waals surface area contributed by atoms with Gasteiger partial charge in [0.2, 0.25) is 5.91 Å². The fourth-order valence-corrected chi connectivity index (χ4v) is 1.62. The molecule has 1 amide bonds. The molecule has 4 nitrogen and oxygen atoms in total. The summed E-state index contributed by atoms with van der Waals surface area (Å²) in [5.74, 6) is -0.0651. The first-order valence-electron chi connectivity index (χ1n) is 5.66. The van der Waals surface area contributed by atoms with Crippen molar-refractivity contribution in [2.24, 2.45) is 0 Å². The van der Waals surface area contributed by atoms with E-state index in [1.165, 1.54) is 6.92 Å². The Morgan fingerprint density at radius 1 is 1.47 bits per heavy atom. The summed E-state index contributed by atoms with van der Waals surface area (Å²) in [6.07, 6.45) is 0. The number of hydrogen-bond donors (Lipinski definition) is 2. The van der Waals surface area contributed by atoms with Crippen LogP contribution < -0.4 is 10.6 Å². The summed E-state index contributed by atoms with van der Waals surface area (Å²) in [7, 11) is 1.68. The number of methoxy groups -OCH3 is 1. The molecule has 0 bridgehead atoms. The van der Waals surface area contributed by atoms with Crippen LogP contribution in [0.5, 0.6) is 0 Å². The molecule has 1 unspecified atom stereocenters. The Labute approximate surface area is 102 Å². The molecule has 0 fully saturated rings. The van der Waals surface area contributed by atoms with E-state index in [4.69, 9.17) is 4.74 Å². The third-order valence-electron chi connectivity index (χ3n) is 2.38. The van der Waals surface area contributed by atoms with Crippen LogP contribution in [0.4, 0.5) is 11.4 Å². The van der Waals surface area contributed by atoms with Gasteiger partial charge in [0, 0.05) is 31.5 Å². The first-order valence-corrected chi connectivity index (χ1v) is 5.66.